The summed E-state index contributed by atoms with van der Waals surface area (Å²) < 4.78 is 5.00. The normalized spacial score (nSPS) is 15.7. The minimum Gasteiger partial charge on any atom is -0.450 e. The van der Waals surface area contributed by atoms with E-state index in [1.165, 1.54) is 10.4 Å². The first-order chi connectivity index (χ1) is 10.5. The van der Waals surface area contributed by atoms with Crippen molar-refractivity contribution in [1.82, 2.24) is 10.2 Å². The fraction of sp³-hybridized carbons (Fsp3) is 0.625. The van der Waals surface area contributed by atoms with E-state index in [-0.39, 0.29) is 18.0 Å². The topological polar surface area (TPSA) is 58.6 Å². The van der Waals surface area contributed by atoms with Crippen molar-refractivity contribution < 1.29 is 14.3 Å². The van der Waals surface area contributed by atoms with Crippen LogP contribution in [0.3, 0.4) is 0 Å². The Bertz CT molecular complexity index is 533. The van der Waals surface area contributed by atoms with Crippen LogP contribution in [0, 0.1) is 6.92 Å². The van der Waals surface area contributed by atoms with Gasteiger partial charge in [-0.3, -0.25) is 4.79 Å². The molecule has 1 aromatic heterocycles. The molecule has 22 heavy (non-hydrogen) atoms. The predicted octanol–water partition coefficient (Wildman–Crippen LogP) is 2.97. The molecule has 2 amide bonds. The van der Waals surface area contributed by atoms with Gasteiger partial charge in [-0.2, -0.15) is 0 Å². The first-order valence-corrected chi connectivity index (χ1v) is 8.68. The number of rotatable bonds is 4. The van der Waals surface area contributed by atoms with Gasteiger partial charge in [0.05, 0.1) is 11.5 Å². The molecular weight excluding hydrogens is 300 g/mol. The van der Waals surface area contributed by atoms with Crippen LogP contribution in [0.2, 0.25) is 0 Å². The standard InChI is InChI=1S/C16H24N2O3S/c1-4-12-10-14(22-11(12)3)15(19)17-13-6-8-18(9-7-13)16(20)21-5-2/h10,13H,4-9H2,1-3H3,(H,17,19). The molecule has 1 saturated heterocycles. The second-order valence-electron chi connectivity index (χ2n) is 5.48. The largest absolute Gasteiger partial charge is 0.450 e. The van der Waals surface area contributed by atoms with Gasteiger partial charge >= 0.3 is 6.09 Å². The van der Waals surface area contributed by atoms with Crippen molar-refractivity contribution in [2.75, 3.05) is 19.7 Å². The smallest absolute Gasteiger partial charge is 0.409 e. The SMILES string of the molecule is CCOC(=O)N1CCC(NC(=O)c2cc(CC)c(C)s2)CC1. The maximum Gasteiger partial charge on any atom is 0.409 e. The van der Waals surface area contributed by atoms with Crippen LogP contribution in [0.4, 0.5) is 4.79 Å². The summed E-state index contributed by atoms with van der Waals surface area (Å²) in [6, 6.07) is 2.12. The average Bonchev–Trinajstić information content (AvgIpc) is 2.89. The number of nitrogens with zero attached hydrogens (tertiary/aromatic N) is 1. The Balaban J connectivity index is 1.85. The van der Waals surface area contributed by atoms with Crippen molar-refractivity contribution in [3.8, 4) is 0 Å². The molecular formula is C16H24N2O3S. The van der Waals surface area contributed by atoms with E-state index in [1.807, 2.05) is 6.07 Å². The Labute approximate surface area is 135 Å². The molecule has 1 aliphatic heterocycles. The molecule has 122 valence electrons. The Morgan fingerprint density at radius 1 is 1.36 bits per heavy atom. The summed E-state index contributed by atoms with van der Waals surface area (Å²) in [5.74, 6) is 0.00221. The number of ether oxygens (including phenoxy) is 1. The second kappa shape index (κ2) is 7.63. The number of carbonyl (C=O) groups is 2. The van der Waals surface area contributed by atoms with Crippen LogP contribution < -0.4 is 5.32 Å². The summed E-state index contributed by atoms with van der Waals surface area (Å²) in [6.07, 6.45) is 2.24. The van der Waals surface area contributed by atoms with E-state index in [0.717, 1.165) is 24.1 Å². The molecule has 2 heterocycles. The third kappa shape index (κ3) is 4.00. The highest BCUT2D eigenvalue weighted by molar-refractivity contribution is 7.14. The molecule has 0 aromatic carbocycles. The lowest BCUT2D eigenvalue weighted by Gasteiger charge is -2.31. The van der Waals surface area contributed by atoms with Crippen LogP contribution in [0.15, 0.2) is 6.07 Å². The Hall–Kier alpha value is -1.56. The molecule has 1 N–H and O–H groups in total. The third-order valence-electron chi connectivity index (χ3n) is 3.98. The van der Waals surface area contributed by atoms with Crippen LogP contribution in [0.5, 0.6) is 0 Å². The minimum absolute atomic E-state index is 0.00221. The number of piperidine rings is 1. The molecule has 2 rings (SSSR count). The quantitative estimate of drug-likeness (QED) is 0.926. The summed E-state index contributed by atoms with van der Waals surface area (Å²) in [7, 11) is 0. The van der Waals surface area contributed by atoms with E-state index in [2.05, 4.69) is 19.2 Å². The molecule has 0 bridgehead atoms. The van der Waals surface area contributed by atoms with Gasteiger partial charge in [-0.1, -0.05) is 6.92 Å². The predicted molar refractivity (Wildman–Crippen MR) is 87.5 cm³/mol. The summed E-state index contributed by atoms with van der Waals surface area (Å²) in [4.78, 5) is 27.6. The second-order valence-corrected chi connectivity index (χ2v) is 6.74. The Morgan fingerprint density at radius 3 is 2.59 bits per heavy atom. The number of thiophene rings is 1. The lowest BCUT2D eigenvalue weighted by atomic mass is 10.1. The minimum atomic E-state index is -0.256. The zero-order valence-corrected chi connectivity index (χ0v) is 14.3. The first-order valence-electron chi connectivity index (χ1n) is 7.87. The molecule has 0 saturated carbocycles. The highest BCUT2D eigenvalue weighted by Crippen LogP contribution is 2.22. The van der Waals surface area contributed by atoms with E-state index >= 15 is 0 Å². The molecule has 6 heteroatoms. The third-order valence-corrected chi connectivity index (χ3v) is 5.07. The van der Waals surface area contributed by atoms with Crippen LogP contribution in [-0.2, 0) is 11.2 Å². The molecule has 1 aromatic rings. The van der Waals surface area contributed by atoms with Crippen molar-refractivity contribution in [2.45, 2.75) is 46.1 Å². The van der Waals surface area contributed by atoms with E-state index in [9.17, 15) is 9.59 Å². The molecule has 0 spiro atoms. The first kappa shape index (κ1) is 16.8. The highest BCUT2D eigenvalue weighted by atomic mass is 32.1. The number of nitrogens with one attached hydrogen (secondary N) is 1. The van der Waals surface area contributed by atoms with Gasteiger partial charge in [-0.15, -0.1) is 11.3 Å². The molecule has 0 aliphatic carbocycles. The Kier molecular flexibility index (Phi) is 5.83. The lowest BCUT2D eigenvalue weighted by Crippen LogP contribution is -2.46. The van der Waals surface area contributed by atoms with Crippen LogP contribution in [-0.4, -0.2) is 42.6 Å². The van der Waals surface area contributed by atoms with E-state index < -0.39 is 0 Å². The van der Waals surface area contributed by atoms with Crippen molar-refractivity contribution in [1.29, 1.82) is 0 Å². The van der Waals surface area contributed by atoms with Crippen LogP contribution in [0.25, 0.3) is 0 Å². The number of hydrogen-bond acceptors (Lipinski definition) is 4. The maximum atomic E-state index is 12.3. The van der Waals surface area contributed by atoms with Gasteiger partial charge in [0.25, 0.3) is 5.91 Å². The molecule has 0 unspecified atom stereocenters. The lowest BCUT2D eigenvalue weighted by molar-refractivity contribution is 0.0862. The molecule has 0 atom stereocenters. The van der Waals surface area contributed by atoms with E-state index in [0.29, 0.717) is 19.7 Å². The average molecular weight is 324 g/mol. The summed E-state index contributed by atoms with van der Waals surface area (Å²) >= 11 is 1.55. The van der Waals surface area contributed by atoms with Crippen LogP contribution >= 0.6 is 11.3 Å². The molecule has 0 radical (unpaired) electrons. The highest BCUT2D eigenvalue weighted by Gasteiger charge is 2.25. The van der Waals surface area contributed by atoms with Gasteiger partial charge in [0.2, 0.25) is 0 Å². The zero-order valence-electron chi connectivity index (χ0n) is 13.5. The van der Waals surface area contributed by atoms with Gasteiger partial charge in [0.1, 0.15) is 0 Å². The monoisotopic (exact) mass is 324 g/mol. The molecule has 1 fully saturated rings. The van der Waals surface area contributed by atoms with Gasteiger partial charge in [-0.25, -0.2) is 4.79 Å². The number of amides is 2. The van der Waals surface area contributed by atoms with Crippen molar-refractivity contribution >= 4 is 23.3 Å². The van der Waals surface area contributed by atoms with Crippen molar-refractivity contribution in [3.05, 3.63) is 21.4 Å². The Morgan fingerprint density at radius 2 is 2.05 bits per heavy atom. The van der Waals surface area contributed by atoms with Crippen molar-refractivity contribution in [3.63, 3.8) is 0 Å². The summed E-state index contributed by atoms with van der Waals surface area (Å²) in [5.41, 5.74) is 1.24. The molecule has 5 nitrogen and oxygen atoms in total. The zero-order chi connectivity index (χ0) is 16.1. The molecule has 1 aliphatic rings. The number of hydrogen-bond donors (Lipinski definition) is 1. The van der Waals surface area contributed by atoms with Gasteiger partial charge < -0.3 is 15.0 Å². The maximum absolute atomic E-state index is 12.3. The van der Waals surface area contributed by atoms with E-state index in [1.54, 1.807) is 23.2 Å². The number of carbonyl (C=O) groups excluding carboxylic acids is 2. The van der Waals surface area contributed by atoms with Crippen LogP contribution in [0.1, 0.15) is 46.8 Å². The van der Waals surface area contributed by atoms with Gasteiger partial charge in [0.15, 0.2) is 0 Å². The van der Waals surface area contributed by atoms with Crippen molar-refractivity contribution in [2.24, 2.45) is 0 Å². The fourth-order valence-corrected chi connectivity index (χ4v) is 3.68. The fourth-order valence-electron chi connectivity index (χ4n) is 2.66. The summed E-state index contributed by atoms with van der Waals surface area (Å²) in [6.45, 7) is 7.62. The summed E-state index contributed by atoms with van der Waals surface area (Å²) in [5, 5.41) is 3.08. The number of aryl methyl sites for hydroxylation is 2. The number of likely N-dealkylation sites (tertiary alicyclic amines) is 1. The van der Waals surface area contributed by atoms with E-state index in [4.69, 9.17) is 4.74 Å². The van der Waals surface area contributed by atoms with Gasteiger partial charge in [-0.05, 0) is 44.7 Å². The van der Waals surface area contributed by atoms with Gasteiger partial charge in [0, 0.05) is 24.0 Å².